The molecule has 202 valence electrons. The number of hydrogen-bond acceptors (Lipinski definition) is 2. The van der Waals surface area contributed by atoms with E-state index in [1.165, 1.54) is 21.9 Å². The van der Waals surface area contributed by atoms with Gasteiger partial charge in [0, 0.05) is 76.4 Å². The van der Waals surface area contributed by atoms with Crippen molar-refractivity contribution >= 4 is 50.9 Å². The van der Waals surface area contributed by atoms with E-state index in [9.17, 15) is 9.59 Å². The first-order valence-electron chi connectivity index (χ1n) is 13.9. The molecule has 2 fully saturated rings. The van der Waals surface area contributed by atoms with Crippen molar-refractivity contribution < 1.29 is 9.59 Å². The lowest BCUT2D eigenvalue weighted by atomic mass is 9.67. The van der Waals surface area contributed by atoms with E-state index in [1.54, 1.807) is 11.0 Å². The standard InChI is InChI=1S/C33H31ClN4O2/c1-21-16-23(34)10-11-30(21)38-20-22(17-31(38)39)32(40)37-14-12-33(13-15-37,26-18-35-28-8-4-2-6-24(26)28)27-19-36-29-9-5-3-7-25(27)29/h2-11,16,18-19,22,35-36H,12-15,17,20H2,1H3. The average molecular weight is 551 g/mol. The zero-order chi connectivity index (χ0) is 27.4. The molecule has 1 atom stereocenters. The number of carbonyl (C=O) groups is 2. The first-order valence-corrected chi connectivity index (χ1v) is 14.3. The second kappa shape index (κ2) is 9.56. The molecule has 2 aromatic heterocycles. The monoisotopic (exact) mass is 550 g/mol. The maximum atomic E-state index is 13.8. The number of piperidine rings is 1. The smallest absolute Gasteiger partial charge is 0.228 e. The summed E-state index contributed by atoms with van der Waals surface area (Å²) in [5.74, 6) is -0.266. The number of aromatic amines is 2. The van der Waals surface area contributed by atoms with E-state index < -0.39 is 0 Å². The van der Waals surface area contributed by atoms with E-state index in [0.29, 0.717) is 24.7 Å². The third-order valence-electron chi connectivity index (χ3n) is 9.06. The van der Waals surface area contributed by atoms with E-state index in [-0.39, 0.29) is 29.6 Å². The Bertz CT molecular complexity index is 1680. The van der Waals surface area contributed by atoms with Gasteiger partial charge in [0.2, 0.25) is 11.8 Å². The minimum atomic E-state index is -0.337. The molecule has 2 N–H and O–H groups in total. The second-order valence-corrected chi connectivity index (χ2v) is 11.7. The van der Waals surface area contributed by atoms with Gasteiger partial charge in [-0.2, -0.15) is 0 Å². The number of hydrogen-bond donors (Lipinski definition) is 2. The van der Waals surface area contributed by atoms with Crippen LogP contribution in [0.25, 0.3) is 21.8 Å². The molecule has 5 aromatic rings. The Labute approximate surface area is 237 Å². The predicted molar refractivity (Wildman–Crippen MR) is 160 cm³/mol. The first-order chi connectivity index (χ1) is 19.4. The number of anilines is 1. The van der Waals surface area contributed by atoms with E-state index in [0.717, 1.165) is 35.1 Å². The number of nitrogens with one attached hydrogen (secondary N) is 2. The maximum Gasteiger partial charge on any atom is 0.228 e. The molecule has 7 rings (SSSR count). The molecule has 0 radical (unpaired) electrons. The number of rotatable bonds is 4. The predicted octanol–water partition coefficient (Wildman–Crippen LogP) is 6.57. The SMILES string of the molecule is Cc1cc(Cl)ccc1N1CC(C(=O)N2CCC(c3c[nH]c4ccccc34)(c3c[nH]c4ccccc34)CC2)CC1=O. The number of fused-ring (bicyclic) bond motifs is 2. The summed E-state index contributed by atoms with van der Waals surface area (Å²) >= 11 is 6.13. The van der Waals surface area contributed by atoms with Crippen LogP contribution in [-0.4, -0.2) is 46.3 Å². The molecule has 0 spiro atoms. The van der Waals surface area contributed by atoms with Crippen LogP contribution in [-0.2, 0) is 15.0 Å². The molecule has 2 amide bonds. The topological polar surface area (TPSA) is 72.2 Å². The molecule has 40 heavy (non-hydrogen) atoms. The third-order valence-corrected chi connectivity index (χ3v) is 9.30. The van der Waals surface area contributed by atoms with Crippen molar-refractivity contribution in [1.82, 2.24) is 14.9 Å². The van der Waals surface area contributed by atoms with Crippen molar-refractivity contribution in [2.24, 2.45) is 5.92 Å². The van der Waals surface area contributed by atoms with Crippen molar-refractivity contribution in [3.8, 4) is 0 Å². The highest BCUT2D eigenvalue weighted by atomic mass is 35.5. The molecule has 2 saturated heterocycles. The van der Waals surface area contributed by atoms with Gasteiger partial charge in [0.1, 0.15) is 0 Å². The molecule has 3 aromatic carbocycles. The number of aromatic nitrogens is 2. The van der Waals surface area contributed by atoms with Crippen LogP contribution < -0.4 is 4.90 Å². The highest BCUT2D eigenvalue weighted by Crippen LogP contribution is 2.47. The fourth-order valence-corrected chi connectivity index (χ4v) is 7.24. The average Bonchev–Trinajstić information content (AvgIpc) is 3.70. The number of H-pyrrole nitrogens is 2. The molecule has 0 aliphatic carbocycles. The van der Waals surface area contributed by atoms with Gasteiger partial charge in [0.15, 0.2) is 0 Å². The molecule has 2 aliphatic rings. The van der Waals surface area contributed by atoms with E-state index in [4.69, 9.17) is 11.6 Å². The van der Waals surface area contributed by atoms with Gasteiger partial charge in [0.25, 0.3) is 0 Å². The van der Waals surface area contributed by atoms with Gasteiger partial charge in [-0.25, -0.2) is 0 Å². The number of carbonyl (C=O) groups excluding carboxylic acids is 2. The van der Waals surface area contributed by atoms with Gasteiger partial charge in [-0.05, 0) is 66.8 Å². The zero-order valence-electron chi connectivity index (χ0n) is 22.4. The summed E-state index contributed by atoms with van der Waals surface area (Å²) in [6, 6.07) is 22.4. The van der Waals surface area contributed by atoms with Gasteiger partial charge < -0.3 is 19.8 Å². The van der Waals surface area contributed by atoms with E-state index in [2.05, 4.69) is 70.9 Å². The van der Waals surface area contributed by atoms with E-state index in [1.807, 2.05) is 24.0 Å². The van der Waals surface area contributed by atoms with Crippen LogP contribution in [0.5, 0.6) is 0 Å². The summed E-state index contributed by atoms with van der Waals surface area (Å²) in [5.41, 5.74) is 6.33. The lowest BCUT2D eigenvalue weighted by Crippen LogP contribution is -2.47. The molecular formula is C33H31ClN4O2. The Morgan fingerprint density at radius 2 is 1.50 bits per heavy atom. The Morgan fingerprint density at radius 1 is 0.900 bits per heavy atom. The number of nitrogens with zero attached hydrogens (tertiary/aromatic N) is 2. The summed E-state index contributed by atoms with van der Waals surface area (Å²) in [4.78, 5) is 37.5. The Kier molecular flexibility index (Phi) is 5.97. The maximum absolute atomic E-state index is 13.8. The fourth-order valence-electron chi connectivity index (χ4n) is 7.01. The first kappa shape index (κ1) is 25.0. The summed E-state index contributed by atoms with van der Waals surface area (Å²) in [6.45, 7) is 3.64. The lowest BCUT2D eigenvalue weighted by molar-refractivity contribution is -0.137. The van der Waals surface area contributed by atoms with Crippen molar-refractivity contribution in [2.75, 3.05) is 24.5 Å². The van der Waals surface area contributed by atoms with Crippen LogP contribution in [0.1, 0.15) is 36.0 Å². The molecular weight excluding hydrogens is 520 g/mol. The number of halogens is 1. The zero-order valence-corrected chi connectivity index (χ0v) is 23.2. The highest BCUT2D eigenvalue weighted by molar-refractivity contribution is 6.30. The number of likely N-dealkylation sites (tertiary alicyclic amines) is 1. The number of amides is 2. The van der Waals surface area contributed by atoms with E-state index >= 15 is 0 Å². The minimum absolute atomic E-state index is 0.00675. The van der Waals surface area contributed by atoms with Crippen molar-refractivity contribution in [3.63, 3.8) is 0 Å². The van der Waals surface area contributed by atoms with Crippen molar-refractivity contribution in [3.05, 3.63) is 101 Å². The van der Waals surface area contributed by atoms with Crippen LogP contribution in [0.2, 0.25) is 5.02 Å². The van der Waals surface area contributed by atoms with Gasteiger partial charge in [-0.1, -0.05) is 48.0 Å². The summed E-state index contributed by atoms with van der Waals surface area (Å²) in [7, 11) is 0. The van der Waals surface area contributed by atoms with Gasteiger partial charge >= 0.3 is 0 Å². The number of benzene rings is 3. The highest BCUT2D eigenvalue weighted by Gasteiger charge is 2.44. The molecule has 0 bridgehead atoms. The number of aryl methyl sites for hydroxylation is 1. The molecule has 4 heterocycles. The molecule has 1 unspecified atom stereocenters. The Hall–Kier alpha value is -4.03. The molecule has 0 saturated carbocycles. The van der Waals surface area contributed by atoms with Crippen molar-refractivity contribution in [2.45, 2.75) is 31.6 Å². The third kappa shape index (κ3) is 3.93. The lowest BCUT2D eigenvalue weighted by Gasteiger charge is -2.43. The van der Waals surface area contributed by atoms with Crippen molar-refractivity contribution in [1.29, 1.82) is 0 Å². The van der Waals surface area contributed by atoms with Crippen LogP contribution >= 0.6 is 11.6 Å². The van der Waals surface area contributed by atoms with Crippen LogP contribution in [0.3, 0.4) is 0 Å². The Balaban J connectivity index is 1.18. The molecule has 7 heteroatoms. The molecule has 2 aliphatic heterocycles. The van der Waals surface area contributed by atoms with Gasteiger partial charge in [-0.15, -0.1) is 0 Å². The van der Waals surface area contributed by atoms with Gasteiger partial charge in [0.05, 0.1) is 5.92 Å². The largest absolute Gasteiger partial charge is 0.361 e. The summed E-state index contributed by atoms with van der Waals surface area (Å²) in [5, 5.41) is 3.09. The molecule has 6 nitrogen and oxygen atoms in total. The minimum Gasteiger partial charge on any atom is -0.361 e. The van der Waals surface area contributed by atoms with Crippen LogP contribution in [0.15, 0.2) is 79.1 Å². The fraction of sp³-hybridized carbons (Fsp3) is 0.273. The summed E-state index contributed by atoms with van der Waals surface area (Å²) < 4.78 is 0. The van der Waals surface area contributed by atoms with Crippen LogP contribution in [0.4, 0.5) is 5.69 Å². The quantitative estimate of drug-likeness (QED) is 0.265. The number of para-hydroxylation sites is 2. The normalized spacial score (nSPS) is 19.1. The van der Waals surface area contributed by atoms with Gasteiger partial charge in [-0.3, -0.25) is 9.59 Å². The second-order valence-electron chi connectivity index (χ2n) is 11.2. The summed E-state index contributed by atoms with van der Waals surface area (Å²) in [6.07, 6.45) is 6.18. The van der Waals surface area contributed by atoms with Crippen LogP contribution in [0, 0.1) is 12.8 Å². The Morgan fingerprint density at radius 3 is 2.10 bits per heavy atom.